The number of nitrogens with zero attached hydrogens (tertiary/aromatic N) is 3. The van der Waals surface area contributed by atoms with Crippen molar-refractivity contribution < 1.29 is 19.1 Å². The predicted molar refractivity (Wildman–Crippen MR) is 168 cm³/mol. The molecule has 3 fully saturated rings. The molecular formula is C36H42N4O4. The van der Waals surface area contributed by atoms with Crippen LogP contribution in [0.5, 0.6) is 0 Å². The van der Waals surface area contributed by atoms with Gasteiger partial charge in [0.15, 0.2) is 0 Å². The van der Waals surface area contributed by atoms with Crippen LogP contribution >= 0.6 is 0 Å². The van der Waals surface area contributed by atoms with Crippen molar-refractivity contribution in [3.05, 3.63) is 108 Å². The maximum atomic E-state index is 14.3. The van der Waals surface area contributed by atoms with Crippen molar-refractivity contribution in [3.8, 4) is 0 Å². The molecule has 3 aromatic rings. The SMILES string of the molecule is O=C(CC1NC(=O)C2(CCN(CCc3ccccc3)CC2)N(C2CCN(Cc3ccccc3)C2)C1=O)OCc1ccccc1. The van der Waals surface area contributed by atoms with E-state index in [4.69, 9.17) is 4.74 Å². The van der Waals surface area contributed by atoms with E-state index >= 15 is 0 Å². The summed E-state index contributed by atoms with van der Waals surface area (Å²) < 4.78 is 5.50. The molecule has 0 aliphatic carbocycles. The fourth-order valence-corrected chi connectivity index (χ4v) is 7.03. The first kappa shape index (κ1) is 30.0. The first-order valence-electron chi connectivity index (χ1n) is 15.9. The zero-order valence-corrected chi connectivity index (χ0v) is 25.3. The van der Waals surface area contributed by atoms with Gasteiger partial charge < -0.3 is 19.9 Å². The average molecular weight is 595 g/mol. The highest BCUT2D eigenvalue weighted by Gasteiger charge is 2.56. The number of hydrogen-bond acceptors (Lipinski definition) is 6. The summed E-state index contributed by atoms with van der Waals surface area (Å²) in [7, 11) is 0. The molecule has 2 atom stereocenters. The minimum absolute atomic E-state index is 0.0871. The Labute approximate surface area is 260 Å². The molecule has 1 N–H and O–H groups in total. The second-order valence-electron chi connectivity index (χ2n) is 12.4. The van der Waals surface area contributed by atoms with Crippen molar-refractivity contribution in [2.75, 3.05) is 32.7 Å². The topological polar surface area (TPSA) is 82.2 Å². The van der Waals surface area contributed by atoms with Gasteiger partial charge in [0.05, 0.1) is 6.42 Å². The number of amides is 2. The van der Waals surface area contributed by atoms with E-state index in [1.54, 1.807) is 0 Å². The van der Waals surface area contributed by atoms with E-state index in [0.29, 0.717) is 19.4 Å². The van der Waals surface area contributed by atoms with Crippen LogP contribution in [0.4, 0.5) is 0 Å². The summed E-state index contributed by atoms with van der Waals surface area (Å²) in [6.45, 7) is 4.91. The molecule has 3 aliphatic heterocycles. The van der Waals surface area contributed by atoms with Gasteiger partial charge >= 0.3 is 5.97 Å². The van der Waals surface area contributed by atoms with Crippen LogP contribution in [0.25, 0.3) is 0 Å². The van der Waals surface area contributed by atoms with Gasteiger partial charge in [0.2, 0.25) is 11.8 Å². The molecule has 230 valence electrons. The molecule has 8 nitrogen and oxygen atoms in total. The van der Waals surface area contributed by atoms with Crippen LogP contribution in [0.3, 0.4) is 0 Å². The quantitative estimate of drug-likeness (QED) is 0.360. The van der Waals surface area contributed by atoms with E-state index in [2.05, 4.69) is 51.5 Å². The standard InChI is InChI=1S/C36H42N4O4/c41-33(44-27-30-14-8-3-9-15-30)24-32-34(42)40(31-17-21-39(26-31)25-29-12-6-2-7-13-29)36(35(43)37-32)18-22-38(23-19-36)20-16-28-10-4-1-5-11-28/h1-15,31-32H,16-27H2,(H,37,43). The Bertz CT molecular complexity index is 1410. The monoisotopic (exact) mass is 594 g/mol. The number of benzene rings is 3. The summed E-state index contributed by atoms with van der Waals surface area (Å²) in [5.74, 6) is -0.788. The lowest BCUT2D eigenvalue weighted by Gasteiger charge is -2.53. The lowest BCUT2D eigenvalue weighted by Crippen LogP contribution is -2.75. The molecular weight excluding hydrogens is 552 g/mol. The van der Waals surface area contributed by atoms with Gasteiger partial charge in [0.1, 0.15) is 18.2 Å². The van der Waals surface area contributed by atoms with E-state index in [-0.39, 0.29) is 30.9 Å². The smallest absolute Gasteiger partial charge is 0.308 e. The number of esters is 1. The van der Waals surface area contributed by atoms with Crippen molar-refractivity contribution in [1.29, 1.82) is 0 Å². The highest BCUT2D eigenvalue weighted by Crippen LogP contribution is 2.37. The molecule has 2 amide bonds. The zero-order chi connectivity index (χ0) is 30.4. The fraction of sp³-hybridized carbons (Fsp3) is 0.417. The Morgan fingerprint density at radius 3 is 2.07 bits per heavy atom. The molecule has 44 heavy (non-hydrogen) atoms. The van der Waals surface area contributed by atoms with Gasteiger partial charge in [0.25, 0.3) is 0 Å². The Balaban J connectivity index is 1.15. The van der Waals surface area contributed by atoms with Crippen LogP contribution in [0, 0.1) is 0 Å². The lowest BCUT2D eigenvalue weighted by molar-refractivity contribution is -0.167. The van der Waals surface area contributed by atoms with Gasteiger partial charge in [-0.25, -0.2) is 0 Å². The summed E-state index contributed by atoms with van der Waals surface area (Å²) in [6.07, 6.45) is 2.75. The average Bonchev–Trinajstić information content (AvgIpc) is 3.51. The maximum Gasteiger partial charge on any atom is 0.308 e. The number of carbonyl (C=O) groups excluding carboxylic acids is 3. The van der Waals surface area contributed by atoms with E-state index in [1.807, 2.05) is 59.5 Å². The van der Waals surface area contributed by atoms with Crippen LogP contribution in [0.2, 0.25) is 0 Å². The third kappa shape index (κ3) is 6.87. The molecule has 3 heterocycles. The van der Waals surface area contributed by atoms with E-state index in [1.165, 1.54) is 11.1 Å². The molecule has 2 unspecified atom stereocenters. The van der Waals surface area contributed by atoms with Crippen molar-refractivity contribution in [1.82, 2.24) is 20.0 Å². The van der Waals surface area contributed by atoms with Crippen LogP contribution in [-0.4, -0.2) is 82.8 Å². The van der Waals surface area contributed by atoms with Crippen LogP contribution in [-0.2, 0) is 38.7 Å². The summed E-state index contributed by atoms with van der Waals surface area (Å²) in [5, 5.41) is 2.97. The summed E-state index contributed by atoms with van der Waals surface area (Å²) in [4.78, 5) is 47.8. The van der Waals surface area contributed by atoms with Gasteiger partial charge in [-0.1, -0.05) is 91.0 Å². The molecule has 0 radical (unpaired) electrons. The highest BCUT2D eigenvalue weighted by atomic mass is 16.5. The van der Waals surface area contributed by atoms with Gasteiger partial charge in [-0.05, 0) is 42.4 Å². The number of rotatable bonds is 10. The number of piperidine rings is 1. The molecule has 1 spiro atoms. The van der Waals surface area contributed by atoms with Crippen LogP contribution in [0.15, 0.2) is 91.0 Å². The lowest BCUT2D eigenvalue weighted by atomic mass is 9.80. The van der Waals surface area contributed by atoms with Crippen molar-refractivity contribution in [3.63, 3.8) is 0 Å². The number of ether oxygens (including phenoxy) is 1. The van der Waals surface area contributed by atoms with Crippen LogP contribution in [0.1, 0.15) is 42.4 Å². The van der Waals surface area contributed by atoms with E-state index < -0.39 is 17.6 Å². The molecule has 0 aromatic heterocycles. The molecule has 0 saturated carbocycles. The fourth-order valence-electron chi connectivity index (χ4n) is 7.03. The zero-order valence-electron chi connectivity index (χ0n) is 25.3. The minimum Gasteiger partial charge on any atom is -0.461 e. The van der Waals surface area contributed by atoms with Gasteiger partial charge in [-0.2, -0.15) is 0 Å². The number of carbonyl (C=O) groups is 3. The highest BCUT2D eigenvalue weighted by molar-refractivity contribution is 6.01. The first-order valence-corrected chi connectivity index (χ1v) is 15.9. The Morgan fingerprint density at radius 1 is 0.795 bits per heavy atom. The normalized spacial score (nSPS) is 22.2. The number of piperazine rings is 1. The van der Waals surface area contributed by atoms with Gasteiger partial charge in [-0.3, -0.25) is 19.3 Å². The van der Waals surface area contributed by atoms with Crippen molar-refractivity contribution in [2.24, 2.45) is 0 Å². The Hall–Kier alpha value is -4.01. The third-order valence-electron chi connectivity index (χ3n) is 9.44. The Morgan fingerprint density at radius 2 is 1.41 bits per heavy atom. The molecule has 3 aliphatic rings. The number of likely N-dealkylation sites (tertiary alicyclic amines) is 2. The molecule has 3 aromatic carbocycles. The molecule has 8 heteroatoms. The van der Waals surface area contributed by atoms with E-state index in [9.17, 15) is 14.4 Å². The largest absolute Gasteiger partial charge is 0.461 e. The second kappa shape index (κ2) is 13.7. The summed E-state index contributed by atoms with van der Waals surface area (Å²) in [5.41, 5.74) is 2.50. The first-order chi connectivity index (χ1) is 21.5. The molecule has 3 saturated heterocycles. The Kier molecular flexibility index (Phi) is 9.38. The number of hydrogen-bond donors (Lipinski definition) is 1. The summed E-state index contributed by atoms with van der Waals surface area (Å²) in [6, 6.07) is 29.3. The van der Waals surface area contributed by atoms with Crippen molar-refractivity contribution >= 4 is 17.8 Å². The number of nitrogens with one attached hydrogen (secondary N) is 1. The van der Waals surface area contributed by atoms with Crippen LogP contribution < -0.4 is 5.32 Å². The van der Waals surface area contributed by atoms with Gasteiger partial charge in [0, 0.05) is 45.3 Å². The molecule has 0 bridgehead atoms. The van der Waals surface area contributed by atoms with Crippen molar-refractivity contribution in [2.45, 2.75) is 62.9 Å². The molecule has 6 rings (SSSR count). The van der Waals surface area contributed by atoms with E-state index in [0.717, 1.165) is 51.1 Å². The summed E-state index contributed by atoms with van der Waals surface area (Å²) >= 11 is 0. The maximum absolute atomic E-state index is 14.3. The third-order valence-corrected chi connectivity index (χ3v) is 9.44. The van der Waals surface area contributed by atoms with Gasteiger partial charge in [-0.15, -0.1) is 0 Å². The second-order valence-corrected chi connectivity index (χ2v) is 12.4. The predicted octanol–water partition coefficient (Wildman–Crippen LogP) is 3.80. The minimum atomic E-state index is -0.921.